The van der Waals surface area contributed by atoms with E-state index in [2.05, 4.69) is 44.5 Å². The van der Waals surface area contributed by atoms with Crippen molar-refractivity contribution in [3.63, 3.8) is 0 Å². The molecule has 3 N–H and O–H groups in total. The smallest absolute Gasteiger partial charge is 0.0502 e. The number of hydrogen-bond donors (Lipinski definition) is 2. The van der Waals surface area contributed by atoms with Crippen LogP contribution in [0.3, 0.4) is 0 Å². The van der Waals surface area contributed by atoms with E-state index in [1.807, 2.05) is 32.0 Å². The van der Waals surface area contributed by atoms with Gasteiger partial charge in [-0.2, -0.15) is 0 Å². The number of pyridine rings is 1. The van der Waals surface area contributed by atoms with Gasteiger partial charge in [-0.05, 0) is 49.6 Å². The molecule has 1 aromatic carbocycles. The number of aryl methyl sites for hydroxylation is 2. The van der Waals surface area contributed by atoms with Gasteiger partial charge in [0.2, 0.25) is 0 Å². The van der Waals surface area contributed by atoms with Crippen LogP contribution in [0, 0.1) is 13.8 Å². The zero-order valence-corrected chi connectivity index (χ0v) is 12.7. The zero-order valence-electron chi connectivity index (χ0n) is 11.2. The minimum Gasteiger partial charge on any atom is -0.271 e. The Labute approximate surface area is 122 Å². The Hall–Kier alpha value is -1.23. The summed E-state index contributed by atoms with van der Waals surface area (Å²) in [5.41, 5.74) is 7.34. The predicted octanol–water partition coefficient (Wildman–Crippen LogP) is 3.21. The van der Waals surface area contributed by atoms with E-state index >= 15 is 0 Å². The van der Waals surface area contributed by atoms with Crippen molar-refractivity contribution in [1.82, 2.24) is 10.4 Å². The second-order valence-electron chi connectivity index (χ2n) is 4.70. The van der Waals surface area contributed by atoms with Gasteiger partial charge in [-0.3, -0.25) is 16.3 Å². The monoisotopic (exact) mass is 319 g/mol. The van der Waals surface area contributed by atoms with E-state index in [4.69, 9.17) is 5.84 Å². The average molecular weight is 320 g/mol. The predicted molar refractivity (Wildman–Crippen MR) is 81.6 cm³/mol. The molecule has 0 radical (unpaired) electrons. The third-order valence-electron chi connectivity index (χ3n) is 3.09. The van der Waals surface area contributed by atoms with Gasteiger partial charge in [0.25, 0.3) is 0 Å². The highest BCUT2D eigenvalue weighted by Crippen LogP contribution is 2.24. The molecule has 0 aliphatic carbocycles. The zero-order chi connectivity index (χ0) is 13.8. The van der Waals surface area contributed by atoms with Crippen molar-refractivity contribution in [2.45, 2.75) is 26.3 Å². The van der Waals surface area contributed by atoms with Crippen molar-refractivity contribution in [1.29, 1.82) is 0 Å². The van der Waals surface area contributed by atoms with E-state index in [0.717, 1.165) is 22.3 Å². The van der Waals surface area contributed by atoms with Crippen LogP contribution in [-0.4, -0.2) is 4.98 Å². The summed E-state index contributed by atoms with van der Waals surface area (Å²) >= 11 is 3.57. The maximum atomic E-state index is 5.72. The van der Waals surface area contributed by atoms with E-state index in [-0.39, 0.29) is 6.04 Å². The Morgan fingerprint density at radius 3 is 2.42 bits per heavy atom. The topological polar surface area (TPSA) is 50.9 Å². The third-order valence-corrected chi connectivity index (χ3v) is 3.86. The largest absolute Gasteiger partial charge is 0.271 e. The lowest BCUT2D eigenvalue weighted by Gasteiger charge is -2.18. The number of benzene rings is 1. The fourth-order valence-electron chi connectivity index (χ4n) is 2.22. The lowest BCUT2D eigenvalue weighted by Crippen LogP contribution is -2.29. The number of nitrogens with two attached hydrogens (primary N) is 1. The molecule has 0 saturated carbocycles. The summed E-state index contributed by atoms with van der Waals surface area (Å²) in [4.78, 5) is 4.40. The molecule has 0 spiro atoms. The summed E-state index contributed by atoms with van der Waals surface area (Å²) in [5.74, 6) is 5.72. The first-order valence-corrected chi connectivity index (χ1v) is 7.04. The number of nitrogens with zero attached hydrogens (tertiary/aromatic N) is 1. The molecule has 1 unspecified atom stereocenters. The lowest BCUT2D eigenvalue weighted by molar-refractivity contribution is 0.549. The van der Waals surface area contributed by atoms with Crippen LogP contribution in [0.1, 0.15) is 28.6 Å². The van der Waals surface area contributed by atoms with Crippen LogP contribution in [-0.2, 0) is 6.42 Å². The molecule has 0 fully saturated rings. The van der Waals surface area contributed by atoms with E-state index < -0.39 is 0 Å². The maximum absolute atomic E-state index is 5.72. The highest BCUT2D eigenvalue weighted by Gasteiger charge is 2.13. The summed E-state index contributed by atoms with van der Waals surface area (Å²) < 4.78 is 1.11. The van der Waals surface area contributed by atoms with E-state index in [1.165, 1.54) is 11.1 Å². The molecule has 0 aliphatic rings. The van der Waals surface area contributed by atoms with Crippen molar-refractivity contribution in [3.8, 4) is 0 Å². The van der Waals surface area contributed by atoms with Gasteiger partial charge in [-0.1, -0.05) is 34.1 Å². The van der Waals surface area contributed by atoms with E-state index in [9.17, 15) is 0 Å². The molecule has 19 heavy (non-hydrogen) atoms. The van der Waals surface area contributed by atoms with Crippen LogP contribution in [0.2, 0.25) is 0 Å². The Bertz CT molecular complexity index is 549. The Balaban J connectivity index is 2.28. The second kappa shape index (κ2) is 6.28. The van der Waals surface area contributed by atoms with Crippen molar-refractivity contribution < 1.29 is 0 Å². The quantitative estimate of drug-likeness (QED) is 0.672. The van der Waals surface area contributed by atoms with Gasteiger partial charge in [0, 0.05) is 15.9 Å². The number of rotatable bonds is 4. The molecule has 3 nitrogen and oxygen atoms in total. The maximum Gasteiger partial charge on any atom is 0.0502 e. The van der Waals surface area contributed by atoms with Crippen molar-refractivity contribution in [3.05, 3.63) is 63.4 Å². The minimum absolute atomic E-state index is 0.0825. The number of halogens is 1. The average Bonchev–Trinajstić information content (AvgIpc) is 2.36. The second-order valence-corrected chi connectivity index (χ2v) is 5.55. The van der Waals surface area contributed by atoms with Gasteiger partial charge >= 0.3 is 0 Å². The number of aromatic nitrogens is 1. The standard InChI is InChI=1S/C15H18BrN3/c1-10-7-13(8-11(2)18-10)15(19-17)9-12-5-3-4-6-14(12)16/h3-8,15,19H,9,17H2,1-2H3. The molecule has 0 saturated heterocycles. The molecule has 2 rings (SSSR count). The molecule has 100 valence electrons. The lowest BCUT2D eigenvalue weighted by atomic mass is 9.99. The van der Waals surface area contributed by atoms with Gasteiger partial charge < -0.3 is 0 Å². The molecular formula is C15H18BrN3. The molecule has 4 heteroatoms. The summed E-state index contributed by atoms with van der Waals surface area (Å²) in [6, 6.07) is 12.4. The van der Waals surface area contributed by atoms with Gasteiger partial charge in [0.1, 0.15) is 0 Å². The van der Waals surface area contributed by atoms with Gasteiger partial charge in [-0.25, -0.2) is 0 Å². The first-order valence-electron chi connectivity index (χ1n) is 6.25. The highest BCUT2D eigenvalue weighted by molar-refractivity contribution is 9.10. The van der Waals surface area contributed by atoms with Gasteiger partial charge in [-0.15, -0.1) is 0 Å². The van der Waals surface area contributed by atoms with Crippen LogP contribution in [0.4, 0.5) is 0 Å². The van der Waals surface area contributed by atoms with Crippen molar-refractivity contribution in [2.24, 2.45) is 5.84 Å². The molecule has 0 bridgehead atoms. The first-order chi connectivity index (χ1) is 9.10. The number of hydrogen-bond acceptors (Lipinski definition) is 3. The third kappa shape index (κ3) is 3.62. The normalized spacial score (nSPS) is 12.4. The molecule has 1 atom stereocenters. The molecule has 1 aromatic heterocycles. The molecule has 1 heterocycles. The highest BCUT2D eigenvalue weighted by atomic mass is 79.9. The Morgan fingerprint density at radius 2 is 1.84 bits per heavy atom. The van der Waals surface area contributed by atoms with Crippen molar-refractivity contribution >= 4 is 15.9 Å². The van der Waals surface area contributed by atoms with E-state index in [0.29, 0.717) is 0 Å². The molecule has 2 aromatic rings. The van der Waals surface area contributed by atoms with Gasteiger partial charge in [0.05, 0.1) is 6.04 Å². The SMILES string of the molecule is Cc1cc(C(Cc2ccccc2Br)NN)cc(C)n1. The fraction of sp³-hybridized carbons (Fsp3) is 0.267. The van der Waals surface area contributed by atoms with Crippen LogP contribution in [0.5, 0.6) is 0 Å². The summed E-state index contributed by atoms with van der Waals surface area (Å²) in [5, 5.41) is 0. The number of hydrazine groups is 1. The summed E-state index contributed by atoms with van der Waals surface area (Å²) in [6.45, 7) is 4.00. The Morgan fingerprint density at radius 1 is 1.21 bits per heavy atom. The van der Waals surface area contributed by atoms with Crippen molar-refractivity contribution in [2.75, 3.05) is 0 Å². The summed E-state index contributed by atoms with van der Waals surface area (Å²) in [6.07, 6.45) is 0.834. The first kappa shape index (κ1) is 14.2. The Kier molecular flexibility index (Phi) is 4.69. The van der Waals surface area contributed by atoms with Crippen LogP contribution < -0.4 is 11.3 Å². The summed E-state index contributed by atoms with van der Waals surface area (Å²) in [7, 11) is 0. The van der Waals surface area contributed by atoms with Crippen LogP contribution in [0.25, 0.3) is 0 Å². The molecular weight excluding hydrogens is 302 g/mol. The van der Waals surface area contributed by atoms with Crippen LogP contribution in [0.15, 0.2) is 40.9 Å². The van der Waals surface area contributed by atoms with Crippen LogP contribution >= 0.6 is 15.9 Å². The molecule has 0 aliphatic heterocycles. The van der Waals surface area contributed by atoms with E-state index in [1.54, 1.807) is 0 Å². The fourth-order valence-corrected chi connectivity index (χ4v) is 2.67. The number of nitrogens with one attached hydrogen (secondary N) is 1. The minimum atomic E-state index is 0.0825. The van der Waals surface area contributed by atoms with Gasteiger partial charge in [0.15, 0.2) is 0 Å². The molecule has 0 amide bonds.